The Morgan fingerprint density at radius 1 is 1.44 bits per heavy atom. The number of hydrogen-bond acceptors (Lipinski definition) is 6. The van der Waals surface area contributed by atoms with Gasteiger partial charge in [0.25, 0.3) is 0 Å². The second-order valence-corrected chi connectivity index (χ2v) is 4.36. The Morgan fingerprint density at radius 3 is 2.94 bits per heavy atom. The third kappa shape index (κ3) is 3.54. The van der Waals surface area contributed by atoms with Gasteiger partial charge in [0, 0.05) is 38.7 Å². The van der Waals surface area contributed by atoms with Crippen molar-refractivity contribution in [3.63, 3.8) is 0 Å². The van der Waals surface area contributed by atoms with Crippen molar-refractivity contribution < 1.29 is 14.6 Å². The van der Waals surface area contributed by atoms with Gasteiger partial charge in [-0.1, -0.05) is 0 Å². The molecule has 0 atom stereocenters. The second kappa shape index (κ2) is 5.97. The first-order chi connectivity index (χ1) is 8.72. The van der Waals surface area contributed by atoms with Gasteiger partial charge in [0.15, 0.2) is 0 Å². The fraction of sp³-hybridized carbons (Fsp3) is 0.667. The van der Waals surface area contributed by atoms with E-state index in [-0.39, 0.29) is 0 Å². The Bertz CT molecular complexity index is 381. The lowest BCUT2D eigenvalue weighted by atomic mass is 9.94. The molecule has 0 spiro atoms. The number of anilines is 1. The molecule has 2 heterocycles. The first-order valence-corrected chi connectivity index (χ1v) is 6.21. The summed E-state index contributed by atoms with van der Waals surface area (Å²) in [4.78, 5) is 8.08. The van der Waals surface area contributed by atoms with Crippen molar-refractivity contribution in [2.75, 3.05) is 31.7 Å². The zero-order chi connectivity index (χ0) is 12.8. The van der Waals surface area contributed by atoms with Crippen molar-refractivity contribution in [1.29, 1.82) is 0 Å². The Balaban J connectivity index is 1.90. The Hall–Kier alpha value is -1.40. The molecule has 1 aromatic heterocycles. The number of ether oxygens (including phenoxy) is 2. The summed E-state index contributed by atoms with van der Waals surface area (Å²) in [6.45, 7) is 4.13. The average Bonchev–Trinajstić information content (AvgIpc) is 2.38. The first-order valence-electron chi connectivity index (χ1n) is 6.21. The molecular weight excluding hydrogens is 234 g/mol. The Kier molecular flexibility index (Phi) is 4.33. The number of rotatable bonds is 5. The molecule has 0 aliphatic carbocycles. The summed E-state index contributed by atoms with van der Waals surface area (Å²) in [5.74, 6) is 1.20. The molecule has 0 amide bonds. The lowest BCUT2D eigenvalue weighted by Crippen LogP contribution is -2.42. The maximum atomic E-state index is 10.3. The number of aliphatic hydroxyl groups is 1. The van der Waals surface area contributed by atoms with Crippen LogP contribution in [0.15, 0.2) is 12.4 Å². The van der Waals surface area contributed by atoms with Crippen LogP contribution in [0, 0.1) is 0 Å². The van der Waals surface area contributed by atoms with Crippen LogP contribution in [-0.4, -0.2) is 47.0 Å². The van der Waals surface area contributed by atoms with Gasteiger partial charge in [-0.05, 0) is 6.92 Å². The molecule has 2 N–H and O–H groups in total. The molecule has 0 aromatic carbocycles. The monoisotopic (exact) mass is 253 g/mol. The standard InChI is InChI=1S/C12H19N3O3/c1-2-18-11-7-10(14-9-15-11)13-8-12(16)3-5-17-6-4-12/h7,9,16H,2-6,8H2,1H3,(H,13,14,15). The quantitative estimate of drug-likeness (QED) is 0.809. The minimum Gasteiger partial charge on any atom is -0.478 e. The molecule has 1 aliphatic heterocycles. The van der Waals surface area contributed by atoms with Gasteiger partial charge in [0.05, 0.1) is 12.2 Å². The van der Waals surface area contributed by atoms with E-state index in [1.807, 2.05) is 6.92 Å². The van der Waals surface area contributed by atoms with Gasteiger partial charge in [0.2, 0.25) is 5.88 Å². The highest BCUT2D eigenvalue weighted by atomic mass is 16.5. The van der Waals surface area contributed by atoms with Gasteiger partial charge < -0.3 is 19.9 Å². The van der Waals surface area contributed by atoms with Crippen molar-refractivity contribution in [2.45, 2.75) is 25.4 Å². The maximum absolute atomic E-state index is 10.3. The predicted octanol–water partition coefficient (Wildman–Crippen LogP) is 0.829. The highest BCUT2D eigenvalue weighted by Crippen LogP contribution is 2.21. The number of aromatic nitrogens is 2. The van der Waals surface area contributed by atoms with Gasteiger partial charge in [-0.15, -0.1) is 0 Å². The molecule has 2 rings (SSSR count). The summed E-state index contributed by atoms with van der Waals surface area (Å²) in [6, 6.07) is 1.73. The molecule has 1 aromatic rings. The SMILES string of the molecule is CCOc1cc(NCC2(O)CCOCC2)ncn1. The van der Waals surface area contributed by atoms with E-state index in [4.69, 9.17) is 9.47 Å². The third-order valence-corrected chi connectivity index (χ3v) is 2.96. The third-order valence-electron chi connectivity index (χ3n) is 2.96. The van der Waals surface area contributed by atoms with E-state index < -0.39 is 5.60 Å². The van der Waals surface area contributed by atoms with Gasteiger partial charge in [-0.2, -0.15) is 0 Å². The van der Waals surface area contributed by atoms with Crippen molar-refractivity contribution in [1.82, 2.24) is 9.97 Å². The molecule has 0 saturated carbocycles. The minimum atomic E-state index is -0.713. The van der Waals surface area contributed by atoms with Crippen LogP contribution < -0.4 is 10.1 Å². The van der Waals surface area contributed by atoms with Crippen LogP contribution in [0.3, 0.4) is 0 Å². The lowest BCUT2D eigenvalue weighted by molar-refractivity contribution is -0.0543. The molecule has 6 heteroatoms. The van der Waals surface area contributed by atoms with E-state index in [0.29, 0.717) is 50.9 Å². The van der Waals surface area contributed by atoms with E-state index in [2.05, 4.69) is 15.3 Å². The Labute approximate surface area is 106 Å². The largest absolute Gasteiger partial charge is 0.478 e. The second-order valence-electron chi connectivity index (χ2n) is 4.36. The van der Waals surface area contributed by atoms with Crippen LogP contribution >= 0.6 is 0 Å². The topological polar surface area (TPSA) is 76.5 Å². The molecule has 6 nitrogen and oxygen atoms in total. The summed E-state index contributed by atoms with van der Waals surface area (Å²) in [6.07, 6.45) is 2.73. The Morgan fingerprint density at radius 2 is 2.22 bits per heavy atom. The van der Waals surface area contributed by atoms with E-state index in [1.165, 1.54) is 6.33 Å². The molecule has 0 bridgehead atoms. The zero-order valence-corrected chi connectivity index (χ0v) is 10.6. The molecule has 0 unspecified atom stereocenters. The molecule has 100 valence electrons. The van der Waals surface area contributed by atoms with Crippen molar-refractivity contribution in [3.8, 4) is 5.88 Å². The fourth-order valence-electron chi connectivity index (χ4n) is 1.85. The highest BCUT2D eigenvalue weighted by molar-refractivity contribution is 5.37. The average molecular weight is 253 g/mol. The summed E-state index contributed by atoms with van der Waals surface area (Å²) in [7, 11) is 0. The summed E-state index contributed by atoms with van der Waals surface area (Å²) in [5, 5.41) is 13.4. The van der Waals surface area contributed by atoms with Crippen LogP contribution in [0.4, 0.5) is 5.82 Å². The van der Waals surface area contributed by atoms with Crippen molar-refractivity contribution >= 4 is 5.82 Å². The molecule has 1 aliphatic rings. The normalized spacial score (nSPS) is 18.3. The smallest absolute Gasteiger partial charge is 0.218 e. The van der Waals surface area contributed by atoms with Gasteiger partial charge in [0.1, 0.15) is 12.1 Å². The van der Waals surface area contributed by atoms with Gasteiger partial charge in [-0.25, -0.2) is 9.97 Å². The maximum Gasteiger partial charge on any atom is 0.218 e. The number of hydrogen-bond donors (Lipinski definition) is 2. The lowest BCUT2D eigenvalue weighted by Gasteiger charge is -2.32. The van der Waals surface area contributed by atoms with Crippen LogP contribution in [0.25, 0.3) is 0 Å². The van der Waals surface area contributed by atoms with Crippen LogP contribution in [0.5, 0.6) is 5.88 Å². The van der Waals surface area contributed by atoms with E-state index >= 15 is 0 Å². The van der Waals surface area contributed by atoms with E-state index in [0.717, 1.165) is 0 Å². The van der Waals surface area contributed by atoms with Crippen LogP contribution in [0.2, 0.25) is 0 Å². The van der Waals surface area contributed by atoms with Gasteiger partial charge >= 0.3 is 0 Å². The molecule has 18 heavy (non-hydrogen) atoms. The zero-order valence-electron chi connectivity index (χ0n) is 10.6. The molecule has 0 radical (unpaired) electrons. The highest BCUT2D eigenvalue weighted by Gasteiger charge is 2.29. The minimum absolute atomic E-state index is 0.457. The van der Waals surface area contributed by atoms with Crippen LogP contribution in [0.1, 0.15) is 19.8 Å². The first kappa shape index (κ1) is 13.0. The summed E-state index contributed by atoms with van der Waals surface area (Å²) < 4.78 is 10.5. The van der Waals surface area contributed by atoms with Gasteiger partial charge in [-0.3, -0.25) is 0 Å². The van der Waals surface area contributed by atoms with E-state index in [1.54, 1.807) is 6.07 Å². The molecular formula is C12H19N3O3. The molecule has 1 saturated heterocycles. The van der Waals surface area contributed by atoms with Crippen molar-refractivity contribution in [2.24, 2.45) is 0 Å². The predicted molar refractivity (Wildman–Crippen MR) is 66.7 cm³/mol. The van der Waals surface area contributed by atoms with Crippen molar-refractivity contribution in [3.05, 3.63) is 12.4 Å². The summed E-state index contributed by atoms with van der Waals surface area (Å²) in [5.41, 5.74) is -0.713. The van der Waals surface area contributed by atoms with E-state index in [9.17, 15) is 5.11 Å². The fourth-order valence-corrected chi connectivity index (χ4v) is 1.85. The molecule has 1 fully saturated rings. The number of nitrogens with zero attached hydrogens (tertiary/aromatic N) is 2. The number of nitrogens with one attached hydrogen (secondary N) is 1. The summed E-state index contributed by atoms with van der Waals surface area (Å²) >= 11 is 0. The van der Waals surface area contributed by atoms with Crippen LogP contribution in [-0.2, 0) is 4.74 Å².